The summed E-state index contributed by atoms with van der Waals surface area (Å²) in [5, 5.41) is 8.48. The van der Waals surface area contributed by atoms with Crippen LogP contribution >= 0.6 is 0 Å². The minimum Gasteiger partial charge on any atom is -0.252 e. The van der Waals surface area contributed by atoms with Crippen LogP contribution < -0.4 is 0 Å². The van der Waals surface area contributed by atoms with Crippen molar-refractivity contribution in [2.75, 3.05) is 0 Å². The van der Waals surface area contributed by atoms with E-state index in [0.717, 1.165) is 25.7 Å². The molecule has 0 saturated carbocycles. The van der Waals surface area contributed by atoms with Crippen molar-refractivity contribution in [1.29, 1.82) is 0 Å². The van der Waals surface area contributed by atoms with Crippen molar-refractivity contribution in [3.8, 4) is 0 Å². The Morgan fingerprint density at radius 1 is 1.09 bits per heavy atom. The molecule has 0 aromatic rings. The van der Waals surface area contributed by atoms with Gasteiger partial charge in [0.25, 0.3) is 0 Å². The van der Waals surface area contributed by atoms with E-state index in [0.29, 0.717) is 0 Å². The highest BCUT2D eigenvalue weighted by molar-refractivity contribution is 4.55. The number of rotatable bonds is 7. The predicted molar refractivity (Wildman–Crippen MR) is 46.6 cm³/mol. The van der Waals surface area contributed by atoms with Gasteiger partial charge in [-0.2, -0.15) is 0 Å². The lowest BCUT2D eigenvalue weighted by Gasteiger charge is -2.11. The van der Waals surface area contributed by atoms with Crippen molar-refractivity contribution in [2.24, 2.45) is 0 Å². The van der Waals surface area contributed by atoms with Gasteiger partial charge in [-0.1, -0.05) is 39.5 Å². The molecule has 68 valence electrons. The van der Waals surface area contributed by atoms with E-state index < -0.39 is 0 Å². The molecule has 0 amide bonds. The van der Waals surface area contributed by atoms with Gasteiger partial charge in [-0.05, 0) is 12.8 Å². The van der Waals surface area contributed by atoms with Crippen LogP contribution in [0.1, 0.15) is 52.4 Å². The third-order valence-electron chi connectivity index (χ3n) is 1.91. The summed E-state index contributed by atoms with van der Waals surface area (Å²) < 4.78 is 0. The number of unbranched alkanes of at least 4 members (excludes halogenated alkanes) is 2. The molecule has 0 saturated heterocycles. The maximum absolute atomic E-state index is 8.48. The van der Waals surface area contributed by atoms with Crippen LogP contribution in [0.15, 0.2) is 0 Å². The molecule has 2 heteroatoms. The van der Waals surface area contributed by atoms with Crippen LogP contribution in [0.2, 0.25) is 0 Å². The topological polar surface area (TPSA) is 29.5 Å². The molecule has 0 rings (SSSR count). The molecule has 0 aromatic carbocycles. The van der Waals surface area contributed by atoms with Crippen molar-refractivity contribution in [3.05, 3.63) is 0 Å². The quantitative estimate of drug-likeness (QED) is 0.457. The Labute approximate surface area is 69.5 Å². The molecule has 2 nitrogen and oxygen atoms in total. The largest absolute Gasteiger partial charge is 0.252 e. The van der Waals surface area contributed by atoms with Crippen molar-refractivity contribution >= 4 is 0 Å². The second-order valence-electron chi connectivity index (χ2n) is 3.01. The summed E-state index contributed by atoms with van der Waals surface area (Å²) in [4.78, 5) is 4.35. The Kier molecular flexibility index (Phi) is 7.96. The highest BCUT2D eigenvalue weighted by atomic mass is 17.1. The zero-order chi connectivity index (χ0) is 8.53. The standard InChI is InChI=1S/C9H20O2/c1-3-5-7-9(11-10)8-6-4-2/h9-10H,3-8H2,1-2H3. The van der Waals surface area contributed by atoms with E-state index in [-0.39, 0.29) is 6.10 Å². The molecular formula is C9H20O2. The Morgan fingerprint density at radius 2 is 1.55 bits per heavy atom. The average molecular weight is 160 g/mol. The van der Waals surface area contributed by atoms with Crippen LogP contribution in [0.5, 0.6) is 0 Å². The van der Waals surface area contributed by atoms with Crippen molar-refractivity contribution in [3.63, 3.8) is 0 Å². The second kappa shape index (κ2) is 8.02. The van der Waals surface area contributed by atoms with Crippen molar-refractivity contribution in [1.82, 2.24) is 0 Å². The minimum atomic E-state index is 0.0786. The number of hydrogen-bond donors (Lipinski definition) is 1. The van der Waals surface area contributed by atoms with Crippen LogP contribution in [0.25, 0.3) is 0 Å². The first-order chi connectivity index (χ1) is 5.35. The van der Waals surface area contributed by atoms with E-state index in [1.54, 1.807) is 0 Å². The third kappa shape index (κ3) is 6.32. The summed E-state index contributed by atoms with van der Waals surface area (Å²) in [6.07, 6.45) is 6.71. The zero-order valence-electron chi connectivity index (χ0n) is 7.68. The maximum Gasteiger partial charge on any atom is 0.0927 e. The summed E-state index contributed by atoms with van der Waals surface area (Å²) in [6, 6.07) is 0. The fraction of sp³-hybridized carbons (Fsp3) is 1.00. The van der Waals surface area contributed by atoms with Crippen LogP contribution in [-0.2, 0) is 4.89 Å². The molecule has 1 N–H and O–H groups in total. The molecule has 0 heterocycles. The van der Waals surface area contributed by atoms with Crippen molar-refractivity contribution < 1.29 is 10.1 Å². The molecule has 0 fully saturated rings. The van der Waals surface area contributed by atoms with Crippen LogP contribution in [0, 0.1) is 0 Å². The highest BCUT2D eigenvalue weighted by Crippen LogP contribution is 2.10. The minimum absolute atomic E-state index is 0.0786. The predicted octanol–water partition coefficient (Wildman–Crippen LogP) is 3.23. The molecule has 0 spiro atoms. The van der Waals surface area contributed by atoms with E-state index in [1.165, 1.54) is 12.8 Å². The lowest BCUT2D eigenvalue weighted by atomic mass is 10.1. The van der Waals surface area contributed by atoms with E-state index in [4.69, 9.17) is 5.26 Å². The highest BCUT2D eigenvalue weighted by Gasteiger charge is 2.06. The summed E-state index contributed by atoms with van der Waals surface area (Å²) in [5.41, 5.74) is 0. The normalized spacial score (nSPS) is 10.9. The van der Waals surface area contributed by atoms with E-state index in [9.17, 15) is 0 Å². The monoisotopic (exact) mass is 160 g/mol. The van der Waals surface area contributed by atoms with Gasteiger partial charge < -0.3 is 0 Å². The van der Waals surface area contributed by atoms with Crippen molar-refractivity contribution in [2.45, 2.75) is 58.5 Å². The Bertz CT molecular complexity index is 66.0. The van der Waals surface area contributed by atoms with Gasteiger partial charge in [-0.15, -0.1) is 0 Å². The summed E-state index contributed by atoms with van der Waals surface area (Å²) in [7, 11) is 0. The molecule has 0 aliphatic heterocycles. The average Bonchev–Trinajstić information content (AvgIpc) is 2.05. The molecule has 0 atom stereocenters. The molecule has 0 aliphatic carbocycles. The molecule has 0 aromatic heterocycles. The van der Waals surface area contributed by atoms with Gasteiger partial charge in [-0.25, -0.2) is 4.89 Å². The van der Waals surface area contributed by atoms with Gasteiger partial charge in [0.2, 0.25) is 0 Å². The zero-order valence-corrected chi connectivity index (χ0v) is 7.68. The Morgan fingerprint density at radius 3 is 1.82 bits per heavy atom. The van der Waals surface area contributed by atoms with Gasteiger partial charge in [0.05, 0.1) is 6.10 Å². The first-order valence-corrected chi connectivity index (χ1v) is 4.65. The lowest BCUT2D eigenvalue weighted by Crippen LogP contribution is -2.10. The fourth-order valence-electron chi connectivity index (χ4n) is 1.11. The SMILES string of the molecule is CCCCC(CCCC)OO. The van der Waals surface area contributed by atoms with Gasteiger partial charge in [-0.3, -0.25) is 5.26 Å². The van der Waals surface area contributed by atoms with E-state index in [2.05, 4.69) is 18.7 Å². The maximum atomic E-state index is 8.48. The van der Waals surface area contributed by atoms with Gasteiger partial charge in [0.1, 0.15) is 0 Å². The first-order valence-electron chi connectivity index (χ1n) is 4.65. The second-order valence-corrected chi connectivity index (χ2v) is 3.01. The fourth-order valence-corrected chi connectivity index (χ4v) is 1.11. The molecule has 11 heavy (non-hydrogen) atoms. The summed E-state index contributed by atoms with van der Waals surface area (Å²) in [6.45, 7) is 4.29. The van der Waals surface area contributed by atoms with Crippen LogP contribution in [-0.4, -0.2) is 11.4 Å². The van der Waals surface area contributed by atoms with E-state index in [1.807, 2.05) is 0 Å². The van der Waals surface area contributed by atoms with Gasteiger partial charge in [0, 0.05) is 0 Å². The Balaban J connectivity index is 3.25. The smallest absolute Gasteiger partial charge is 0.0927 e. The van der Waals surface area contributed by atoms with Gasteiger partial charge in [0.15, 0.2) is 0 Å². The first kappa shape index (κ1) is 10.9. The van der Waals surface area contributed by atoms with Crippen LogP contribution in [0.3, 0.4) is 0 Å². The summed E-state index contributed by atoms with van der Waals surface area (Å²) >= 11 is 0. The molecular weight excluding hydrogens is 140 g/mol. The summed E-state index contributed by atoms with van der Waals surface area (Å²) in [5.74, 6) is 0. The molecule has 0 aliphatic rings. The van der Waals surface area contributed by atoms with Crippen LogP contribution in [0.4, 0.5) is 0 Å². The third-order valence-corrected chi connectivity index (χ3v) is 1.91. The lowest BCUT2D eigenvalue weighted by molar-refractivity contribution is -0.281. The van der Waals surface area contributed by atoms with E-state index >= 15 is 0 Å². The number of hydrogen-bond acceptors (Lipinski definition) is 2. The molecule has 0 unspecified atom stereocenters. The Hall–Kier alpha value is -0.0800. The molecule has 0 radical (unpaired) electrons. The molecule has 0 bridgehead atoms. The van der Waals surface area contributed by atoms with Gasteiger partial charge >= 0.3 is 0 Å².